The van der Waals surface area contributed by atoms with Crippen LogP contribution in [0.2, 0.25) is 0 Å². The van der Waals surface area contributed by atoms with Crippen LogP contribution in [0.5, 0.6) is 0 Å². The van der Waals surface area contributed by atoms with Gasteiger partial charge in [0.1, 0.15) is 0 Å². The van der Waals surface area contributed by atoms with Crippen LogP contribution >= 0.6 is 12.4 Å². The predicted molar refractivity (Wildman–Crippen MR) is 38.5 cm³/mol. The summed E-state index contributed by atoms with van der Waals surface area (Å²) in [6, 6.07) is 0. The Balaban J connectivity index is 0. The molecule has 0 saturated heterocycles. The van der Waals surface area contributed by atoms with E-state index in [2.05, 4.69) is 5.32 Å². The Hall–Kier alpha value is -0.810. The zero-order valence-electron chi connectivity index (χ0n) is 5.29. The van der Waals surface area contributed by atoms with Crippen LogP contribution in [0.3, 0.4) is 0 Å². The molecule has 0 aromatic rings. The second-order valence-corrected chi connectivity index (χ2v) is 1.45. The van der Waals surface area contributed by atoms with E-state index in [-0.39, 0.29) is 31.4 Å². The number of nitrogens with one attached hydrogen (secondary N) is 1. The van der Waals surface area contributed by atoms with Gasteiger partial charge in [-0.2, -0.15) is 0 Å². The predicted octanol–water partition coefficient (Wildman–Crippen LogP) is -2.03. The lowest BCUT2D eigenvalue weighted by Crippen LogP contribution is -2.36. The Bertz CT molecular complexity index is 128. The van der Waals surface area contributed by atoms with Gasteiger partial charge in [-0.05, 0) is 0 Å². The minimum Gasteiger partial charge on any atom is -0.368 e. The van der Waals surface area contributed by atoms with Crippen molar-refractivity contribution in [1.29, 1.82) is 0 Å². The van der Waals surface area contributed by atoms with Crippen LogP contribution in [0.15, 0.2) is 0 Å². The average molecular weight is 168 g/mol. The molecule has 6 heteroatoms. The van der Waals surface area contributed by atoms with Crippen molar-refractivity contribution in [3.63, 3.8) is 0 Å². The molecule has 0 saturated carbocycles. The Labute approximate surface area is 64.5 Å². The number of nitrogens with two attached hydrogens (primary N) is 2. The van der Waals surface area contributed by atoms with E-state index in [9.17, 15) is 9.59 Å². The topological polar surface area (TPSA) is 98.2 Å². The molecule has 60 valence electrons. The van der Waals surface area contributed by atoms with Gasteiger partial charge in [0.2, 0.25) is 11.8 Å². The third-order valence-corrected chi connectivity index (χ3v) is 0.645. The fraction of sp³-hybridized carbons (Fsp3) is 0.500. The lowest BCUT2D eigenvalue weighted by atomic mass is 10.5. The summed E-state index contributed by atoms with van der Waals surface area (Å²) in [6.07, 6.45) is 0. The summed E-state index contributed by atoms with van der Waals surface area (Å²) in [4.78, 5) is 20.3. The number of carbonyl (C=O) groups is 2. The van der Waals surface area contributed by atoms with E-state index in [0.29, 0.717) is 0 Å². The van der Waals surface area contributed by atoms with Crippen molar-refractivity contribution in [2.45, 2.75) is 0 Å². The van der Waals surface area contributed by atoms with Crippen molar-refractivity contribution < 1.29 is 9.59 Å². The summed E-state index contributed by atoms with van der Waals surface area (Å²) in [5.74, 6) is -0.953. The molecule has 0 bridgehead atoms. The van der Waals surface area contributed by atoms with E-state index >= 15 is 0 Å². The van der Waals surface area contributed by atoms with Crippen molar-refractivity contribution in [3.8, 4) is 0 Å². The number of primary amides is 1. The van der Waals surface area contributed by atoms with Crippen LogP contribution in [-0.4, -0.2) is 24.9 Å². The maximum atomic E-state index is 10.3. The minimum atomic E-state index is -0.572. The SMILES string of the molecule is Cl.NCC(=O)NCC(N)=O. The van der Waals surface area contributed by atoms with E-state index in [1.165, 1.54) is 0 Å². The molecule has 0 rings (SSSR count). The van der Waals surface area contributed by atoms with Crippen molar-refractivity contribution >= 4 is 24.2 Å². The number of carbonyl (C=O) groups excluding carboxylic acids is 2. The summed E-state index contributed by atoms with van der Waals surface area (Å²) >= 11 is 0. The fourth-order valence-corrected chi connectivity index (χ4v) is 0.258. The van der Waals surface area contributed by atoms with Gasteiger partial charge in [0.25, 0.3) is 0 Å². The Morgan fingerprint density at radius 2 is 1.90 bits per heavy atom. The molecule has 5 N–H and O–H groups in total. The average Bonchev–Trinajstić information content (AvgIpc) is 1.83. The van der Waals surface area contributed by atoms with E-state index in [0.717, 1.165) is 0 Å². The van der Waals surface area contributed by atoms with Crippen LogP contribution in [0, 0.1) is 0 Å². The fourth-order valence-electron chi connectivity index (χ4n) is 0.258. The Morgan fingerprint density at radius 1 is 1.40 bits per heavy atom. The monoisotopic (exact) mass is 167 g/mol. The van der Waals surface area contributed by atoms with Gasteiger partial charge in [-0.3, -0.25) is 9.59 Å². The number of hydrogen-bond donors (Lipinski definition) is 3. The van der Waals surface area contributed by atoms with Gasteiger partial charge < -0.3 is 16.8 Å². The summed E-state index contributed by atoms with van der Waals surface area (Å²) in [5.41, 5.74) is 9.60. The highest BCUT2D eigenvalue weighted by Crippen LogP contribution is 1.57. The Morgan fingerprint density at radius 3 is 2.20 bits per heavy atom. The maximum Gasteiger partial charge on any atom is 0.236 e. The van der Waals surface area contributed by atoms with Crippen LogP contribution < -0.4 is 16.8 Å². The van der Waals surface area contributed by atoms with Gasteiger partial charge in [0.05, 0.1) is 13.1 Å². The van der Waals surface area contributed by atoms with E-state index in [4.69, 9.17) is 11.5 Å². The minimum absolute atomic E-state index is 0. The molecule has 0 aromatic heterocycles. The first-order valence-corrected chi connectivity index (χ1v) is 2.42. The molecule has 0 heterocycles. The van der Waals surface area contributed by atoms with Gasteiger partial charge in [-0.25, -0.2) is 0 Å². The molecule has 0 atom stereocenters. The molecule has 0 fully saturated rings. The van der Waals surface area contributed by atoms with Crippen LogP contribution in [-0.2, 0) is 9.59 Å². The van der Waals surface area contributed by atoms with Crippen LogP contribution in [0.1, 0.15) is 0 Å². The number of hydrogen-bond acceptors (Lipinski definition) is 3. The van der Waals surface area contributed by atoms with Gasteiger partial charge in [-0.1, -0.05) is 0 Å². The van der Waals surface area contributed by atoms with Gasteiger partial charge in [0, 0.05) is 0 Å². The molecule has 0 aliphatic carbocycles. The maximum absolute atomic E-state index is 10.3. The summed E-state index contributed by atoms with van der Waals surface area (Å²) < 4.78 is 0. The molecule has 0 aliphatic rings. The van der Waals surface area contributed by atoms with E-state index in [1.54, 1.807) is 0 Å². The molecule has 0 radical (unpaired) electrons. The third kappa shape index (κ3) is 7.19. The molecular weight excluding hydrogens is 158 g/mol. The second-order valence-electron chi connectivity index (χ2n) is 1.45. The summed E-state index contributed by atoms with van der Waals surface area (Å²) in [7, 11) is 0. The number of rotatable bonds is 3. The highest BCUT2D eigenvalue weighted by Gasteiger charge is 1.96. The van der Waals surface area contributed by atoms with Crippen LogP contribution in [0.4, 0.5) is 0 Å². The summed E-state index contributed by atoms with van der Waals surface area (Å²) in [5, 5.41) is 2.19. The third-order valence-electron chi connectivity index (χ3n) is 0.645. The zero-order valence-corrected chi connectivity index (χ0v) is 6.11. The van der Waals surface area contributed by atoms with E-state index < -0.39 is 5.91 Å². The molecule has 0 unspecified atom stereocenters. The van der Waals surface area contributed by atoms with Crippen molar-refractivity contribution in [2.24, 2.45) is 11.5 Å². The van der Waals surface area contributed by atoms with Gasteiger partial charge >= 0.3 is 0 Å². The Kier molecular flexibility index (Phi) is 7.53. The molecule has 0 aliphatic heterocycles. The van der Waals surface area contributed by atoms with Crippen molar-refractivity contribution in [1.82, 2.24) is 5.32 Å². The molecule has 10 heavy (non-hydrogen) atoms. The van der Waals surface area contributed by atoms with Crippen molar-refractivity contribution in [3.05, 3.63) is 0 Å². The highest BCUT2D eigenvalue weighted by molar-refractivity contribution is 5.85. The largest absolute Gasteiger partial charge is 0.368 e. The number of amides is 2. The zero-order chi connectivity index (χ0) is 7.28. The molecular formula is C4H10ClN3O2. The van der Waals surface area contributed by atoms with E-state index in [1.807, 2.05) is 0 Å². The lowest BCUT2D eigenvalue weighted by molar-refractivity contribution is -0.123. The first-order valence-electron chi connectivity index (χ1n) is 2.42. The standard InChI is InChI=1S/C4H9N3O2.ClH/c5-1-4(9)7-2-3(6)8;/h1-2,5H2,(H2,6,8)(H,7,9);1H. The van der Waals surface area contributed by atoms with Crippen molar-refractivity contribution in [2.75, 3.05) is 13.1 Å². The van der Waals surface area contributed by atoms with Gasteiger partial charge in [-0.15, -0.1) is 12.4 Å². The second kappa shape index (κ2) is 6.31. The molecule has 2 amide bonds. The quantitative estimate of drug-likeness (QED) is 0.452. The molecule has 0 aromatic carbocycles. The highest BCUT2D eigenvalue weighted by atomic mass is 35.5. The molecule has 0 spiro atoms. The van der Waals surface area contributed by atoms with Gasteiger partial charge in [0.15, 0.2) is 0 Å². The molecule has 5 nitrogen and oxygen atoms in total. The first kappa shape index (κ1) is 11.9. The lowest BCUT2D eigenvalue weighted by Gasteiger charge is -1.96. The first-order chi connectivity index (χ1) is 4.16. The van der Waals surface area contributed by atoms with Crippen LogP contribution in [0.25, 0.3) is 0 Å². The normalized spacial score (nSPS) is 7.70. The summed E-state index contributed by atoms with van der Waals surface area (Å²) in [6.45, 7) is -0.261. The number of halogens is 1. The smallest absolute Gasteiger partial charge is 0.236 e.